The van der Waals surface area contributed by atoms with Gasteiger partial charge in [0.2, 0.25) is 5.91 Å². The molecule has 0 unspecified atom stereocenters. The summed E-state index contributed by atoms with van der Waals surface area (Å²) < 4.78 is 23.1. The lowest BCUT2D eigenvalue weighted by Gasteiger charge is -2.34. The van der Waals surface area contributed by atoms with Crippen molar-refractivity contribution in [3.8, 4) is 6.01 Å². The molecular formula is C24H39BN4O6. The summed E-state index contributed by atoms with van der Waals surface area (Å²) in [5, 5.41) is 2.62. The maximum absolute atomic E-state index is 12.8. The Hall–Kier alpha value is -2.40. The molecule has 1 N–H and O–H groups in total. The summed E-state index contributed by atoms with van der Waals surface area (Å²) in [6.45, 7) is 16.6. The van der Waals surface area contributed by atoms with Crippen LogP contribution in [0.2, 0.25) is 0 Å². The number of nitrogens with one attached hydrogen (secondary N) is 1. The quantitative estimate of drug-likeness (QED) is 0.605. The second-order valence-corrected chi connectivity index (χ2v) is 11.4. The maximum atomic E-state index is 12.8. The van der Waals surface area contributed by atoms with Gasteiger partial charge in [0.15, 0.2) is 0 Å². The fourth-order valence-corrected chi connectivity index (χ4v) is 3.92. The Morgan fingerprint density at radius 2 is 1.80 bits per heavy atom. The molecule has 11 heteroatoms. The van der Waals surface area contributed by atoms with E-state index in [2.05, 4.69) is 15.3 Å². The second-order valence-electron chi connectivity index (χ2n) is 11.4. The summed E-state index contributed by atoms with van der Waals surface area (Å²) in [6.07, 6.45) is 4.51. The van der Waals surface area contributed by atoms with Crippen LogP contribution in [-0.4, -0.2) is 76.5 Å². The molecule has 0 aliphatic carbocycles. The van der Waals surface area contributed by atoms with Gasteiger partial charge in [0.25, 0.3) is 0 Å². The van der Waals surface area contributed by atoms with Crippen LogP contribution in [-0.2, 0) is 18.8 Å². The first-order valence-electron chi connectivity index (χ1n) is 12.3. The number of aromatic nitrogens is 2. The van der Waals surface area contributed by atoms with E-state index in [0.29, 0.717) is 19.7 Å². The third-order valence-corrected chi connectivity index (χ3v) is 6.56. The highest BCUT2D eigenvalue weighted by molar-refractivity contribution is 6.61. The van der Waals surface area contributed by atoms with E-state index in [1.807, 2.05) is 27.7 Å². The van der Waals surface area contributed by atoms with E-state index in [1.165, 1.54) is 0 Å². The zero-order valence-electron chi connectivity index (χ0n) is 22.2. The first-order chi connectivity index (χ1) is 16.2. The van der Waals surface area contributed by atoms with Crippen LogP contribution in [0, 0.1) is 5.92 Å². The number of hydrogen-bond donors (Lipinski definition) is 1. The normalized spacial score (nSPS) is 22.5. The smallest absolute Gasteiger partial charge is 0.463 e. The van der Waals surface area contributed by atoms with Crippen molar-refractivity contribution in [3.05, 3.63) is 12.4 Å². The molecule has 2 aliphatic heterocycles. The Balaban J connectivity index is 1.48. The van der Waals surface area contributed by atoms with Crippen molar-refractivity contribution >= 4 is 24.6 Å². The molecule has 1 aromatic rings. The number of rotatable bonds is 6. The Kier molecular flexibility index (Phi) is 8.01. The van der Waals surface area contributed by atoms with E-state index in [9.17, 15) is 9.59 Å². The average Bonchev–Trinajstić information content (AvgIpc) is 2.97. The molecule has 1 aromatic heterocycles. The maximum Gasteiger partial charge on any atom is 0.498 e. The Morgan fingerprint density at radius 1 is 1.20 bits per heavy atom. The molecule has 2 aliphatic rings. The van der Waals surface area contributed by atoms with Crippen LogP contribution in [0.4, 0.5) is 4.79 Å². The van der Waals surface area contributed by atoms with Gasteiger partial charge in [-0.3, -0.25) is 4.79 Å². The summed E-state index contributed by atoms with van der Waals surface area (Å²) in [5.41, 5.74) is -0.754. The molecule has 35 heavy (non-hydrogen) atoms. The highest BCUT2D eigenvalue weighted by Gasteiger charge is 2.52. The second kappa shape index (κ2) is 10.3. The minimum Gasteiger partial charge on any atom is -0.463 e. The Bertz CT molecular complexity index is 886. The average molecular weight is 490 g/mol. The van der Waals surface area contributed by atoms with Gasteiger partial charge >= 0.3 is 19.2 Å². The van der Waals surface area contributed by atoms with E-state index >= 15 is 0 Å². The van der Waals surface area contributed by atoms with Crippen LogP contribution >= 0.6 is 0 Å². The molecule has 2 saturated heterocycles. The molecule has 2 atom stereocenters. The summed E-state index contributed by atoms with van der Waals surface area (Å²) >= 11 is 0. The Morgan fingerprint density at radius 3 is 2.37 bits per heavy atom. The summed E-state index contributed by atoms with van der Waals surface area (Å²) in [4.78, 5) is 35.2. The van der Waals surface area contributed by atoms with Gasteiger partial charge in [-0.15, -0.1) is 0 Å². The molecule has 3 heterocycles. The fraction of sp³-hybridized carbons (Fsp3) is 0.750. The van der Waals surface area contributed by atoms with E-state index in [1.54, 1.807) is 45.0 Å². The van der Waals surface area contributed by atoms with E-state index in [4.69, 9.17) is 18.8 Å². The first-order valence-corrected chi connectivity index (χ1v) is 12.3. The monoisotopic (exact) mass is 490 g/mol. The molecule has 0 saturated carbocycles. The van der Waals surface area contributed by atoms with E-state index in [0.717, 1.165) is 18.3 Å². The van der Waals surface area contributed by atoms with Crippen molar-refractivity contribution in [1.82, 2.24) is 20.2 Å². The van der Waals surface area contributed by atoms with Crippen molar-refractivity contribution in [1.29, 1.82) is 0 Å². The van der Waals surface area contributed by atoms with Crippen molar-refractivity contribution in [2.75, 3.05) is 19.7 Å². The lowest BCUT2D eigenvalue weighted by molar-refractivity contribution is -0.135. The number of carbonyl (C=O) groups is 2. The molecule has 2 amide bonds. The third kappa shape index (κ3) is 7.07. The van der Waals surface area contributed by atoms with Crippen LogP contribution in [0.25, 0.3) is 0 Å². The number of amides is 2. The van der Waals surface area contributed by atoms with Crippen LogP contribution in [0.5, 0.6) is 6.01 Å². The molecule has 0 radical (unpaired) electrons. The predicted molar refractivity (Wildman–Crippen MR) is 131 cm³/mol. The SMILES string of the molecule is C[C@H](NC(=O)OC(C)(C)C)C(=O)N1CCC[C@H](COc2ncc(B3OC(C)(C)C(C)(C)O3)cn2)C1. The number of ether oxygens (including phenoxy) is 2. The van der Waals surface area contributed by atoms with Gasteiger partial charge < -0.3 is 29.0 Å². The van der Waals surface area contributed by atoms with Crippen LogP contribution in [0.15, 0.2) is 12.4 Å². The summed E-state index contributed by atoms with van der Waals surface area (Å²) in [7, 11) is -0.525. The van der Waals surface area contributed by atoms with Gasteiger partial charge in [0.05, 0.1) is 17.8 Å². The molecule has 10 nitrogen and oxygen atoms in total. The van der Waals surface area contributed by atoms with Gasteiger partial charge in [-0.05, 0) is 68.2 Å². The molecule has 2 fully saturated rings. The number of hydrogen-bond acceptors (Lipinski definition) is 8. The zero-order chi connectivity index (χ0) is 26.0. The molecule has 0 spiro atoms. The largest absolute Gasteiger partial charge is 0.498 e. The topological polar surface area (TPSA) is 112 Å². The van der Waals surface area contributed by atoms with Crippen LogP contribution in [0.1, 0.15) is 68.2 Å². The minimum atomic E-state index is -0.671. The van der Waals surface area contributed by atoms with Gasteiger partial charge in [-0.25, -0.2) is 14.8 Å². The van der Waals surface area contributed by atoms with Gasteiger partial charge in [0.1, 0.15) is 11.6 Å². The van der Waals surface area contributed by atoms with Crippen LogP contribution < -0.4 is 15.5 Å². The van der Waals surface area contributed by atoms with Gasteiger partial charge in [0, 0.05) is 36.9 Å². The predicted octanol–water partition coefficient (Wildman–Crippen LogP) is 2.31. The lowest BCUT2D eigenvalue weighted by atomic mass is 9.81. The Labute approximate surface area is 208 Å². The first kappa shape index (κ1) is 27.2. The van der Waals surface area contributed by atoms with Crippen LogP contribution in [0.3, 0.4) is 0 Å². The highest BCUT2D eigenvalue weighted by Crippen LogP contribution is 2.36. The number of piperidine rings is 1. The molecule has 0 aromatic carbocycles. The van der Waals surface area contributed by atoms with Crippen molar-refractivity contribution in [2.45, 2.75) is 91.1 Å². The standard InChI is InChI=1S/C24H39BN4O6/c1-16(28-21(31)33-22(2,3)4)19(30)29-11-9-10-17(14-29)15-32-20-26-12-18(13-27-20)25-34-23(5,6)24(7,8)35-25/h12-13,16-17H,9-11,14-15H2,1-8H3,(H,28,31)/t16-,17-/m0/s1. The molecule has 194 valence electrons. The van der Waals surface area contributed by atoms with Crippen molar-refractivity contribution in [3.63, 3.8) is 0 Å². The van der Waals surface area contributed by atoms with E-state index in [-0.39, 0.29) is 17.8 Å². The van der Waals surface area contributed by atoms with E-state index < -0.39 is 36.1 Å². The fourth-order valence-electron chi connectivity index (χ4n) is 3.92. The number of alkyl carbamates (subject to hydrolysis) is 1. The minimum absolute atomic E-state index is 0.136. The van der Waals surface area contributed by atoms with Crippen molar-refractivity contribution < 1.29 is 28.4 Å². The summed E-state index contributed by atoms with van der Waals surface area (Å²) in [6, 6.07) is -0.399. The van der Waals surface area contributed by atoms with Gasteiger partial charge in [-0.2, -0.15) is 0 Å². The molecule has 0 bridgehead atoms. The van der Waals surface area contributed by atoms with Gasteiger partial charge in [-0.1, -0.05) is 0 Å². The lowest BCUT2D eigenvalue weighted by Crippen LogP contribution is -2.51. The third-order valence-electron chi connectivity index (χ3n) is 6.56. The zero-order valence-corrected chi connectivity index (χ0v) is 22.2. The summed E-state index contributed by atoms with van der Waals surface area (Å²) in [5.74, 6) is 0.0105. The van der Waals surface area contributed by atoms with Crippen molar-refractivity contribution in [2.24, 2.45) is 5.92 Å². The highest BCUT2D eigenvalue weighted by atomic mass is 16.7. The molecule has 3 rings (SSSR count). The molecular weight excluding hydrogens is 451 g/mol. The number of carbonyl (C=O) groups excluding carboxylic acids is 2. The number of nitrogens with zero attached hydrogens (tertiary/aromatic N) is 3. The number of likely N-dealkylation sites (tertiary alicyclic amines) is 1.